The van der Waals surface area contributed by atoms with Gasteiger partial charge in [0.05, 0.1) is 10.6 Å². The largest absolute Gasteiger partial charge is 0.326 e. The molecule has 1 N–H and O–H groups in total. The number of fused-ring (bicyclic) bond motifs is 1. The third-order valence-electron chi connectivity index (χ3n) is 5.02. The van der Waals surface area contributed by atoms with Gasteiger partial charge in [-0.05, 0) is 61.7 Å². The molecular weight excluding hydrogens is 395 g/mol. The fourth-order valence-electron chi connectivity index (χ4n) is 3.52. The van der Waals surface area contributed by atoms with Crippen LogP contribution in [0.2, 0.25) is 0 Å². The molecule has 6 nitrogen and oxygen atoms in total. The smallest absolute Gasteiger partial charge is 0.225 e. The summed E-state index contributed by atoms with van der Waals surface area (Å²) in [5.41, 5.74) is 2.27. The maximum Gasteiger partial charge on any atom is 0.225 e. The minimum Gasteiger partial charge on any atom is -0.326 e. The Hall–Kier alpha value is -2.74. The summed E-state index contributed by atoms with van der Waals surface area (Å²) in [5, 5.41) is 2.51. The van der Waals surface area contributed by atoms with Crippen molar-refractivity contribution in [1.29, 1.82) is 0 Å². The van der Waals surface area contributed by atoms with Crippen molar-refractivity contribution in [2.45, 2.75) is 44.6 Å². The third kappa shape index (κ3) is 4.48. The number of nitrogens with one attached hydrogen (secondary N) is 1. The van der Waals surface area contributed by atoms with E-state index in [1.54, 1.807) is 30.0 Å². The molecule has 2 aromatic rings. The maximum absolute atomic E-state index is 13.6. The molecule has 29 heavy (non-hydrogen) atoms. The first kappa shape index (κ1) is 21.0. The Kier molecular flexibility index (Phi) is 5.75. The van der Waals surface area contributed by atoms with Crippen LogP contribution in [0.4, 0.5) is 15.8 Å². The molecule has 1 aliphatic heterocycles. The van der Waals surface area contributed by atoms with Crippen LogP contribution < -0.4 is 10.2 Å². The van der Waals surface area contributed by atoms with Crippen molar-refractivity contribution in [3.05, 3.63) is 53.3 Å². The van der Waals surface area contributed by atoms with Crippen LogP contribution in [-0.2, 0) is 25.8 Å². The molecule has 0 aliphatic carbocycles. The predicted molar refractivity (Wildman–Crippen MR) is 109 cm³/mol. The van der Waals surface area contributed by atoms with Gasteiger partial charge in [-0.1, -0.05) is 6.07 Å². The fraction of sp³-hybridized carbons (Fsp3) is 0.333. The lowest BCUT2D eigenvalue weighted by Gasteiger charge is -2.20. The van der Waals surface area contributed by atoms with Gasteiger partial charge >= 0.3 is 0 Å². The normalized spacial score (nSPS) is 15.9. The molecule has 0 radical (unpaired) electrons. The molecule has 0 unspecified atom stereocenters. The molecule has 8 heteroatoms. The molecule has 0 saturated carbocycles. The van der Waals surface area contributed by atoms with E-state index in [0.29, 0.717) is 12.0 Å². The molecule has 3 rings (SSSR count). The number of sulfone groups is 1. The van der Waals surface area contributed by atoms with Gasteiger partial charge in [-0.2, -0.15) is 0 Å². The van der Waals surface area contributed by atoms with Crippen LogP contribution in [0.25, 0.3) is 0 Å². The summed E-state index contributed by atoms with van der Waals surface area (Å²) >= 11 is 0. The molecule has 0 fully saturated rings. The molecule has 0 saturated heterocycles. The molecule has 1 aliphatic rings. The zero-order chi connectivity index (χ0) is 21.3. The molecule has 154 valence electrons. The maximum atomic E-state index is 13.6. The van der Waals surface area contributed by atoms with Gasteiger partial charge in [0.25, 0.3) is 0 Å². The number of nitrogens with zero attached hydrogens (tertiary/aromatic N) is 1. The highest BCUT2D eigenvalue weighted by molar-refractivity contribution is 7.91. The van der Waals surface area contributed by atoms with Gasteiger partial charge in [-0.15, -0.1) is 0 Å². The molecule has 0 bridgehead atoms. The van der Waals surface area contributed by atoms with Gasteiger partial charge in [0.15, 0.2) is 9.84 Å². The van der Waals surface area contributed by atoms with Crippen molar-refractivity contribution in [3.8, 4) is 0 Å². The van der Waals surface area contributed by atoms with E-state index >= 15 is 0 Å². The van der Waals surface area contributed by atoms with E-state index in [1.807, 2.05) is 6.92 Å². The summed E-state index contributed by atoms with van der Waals surface area (Å²) in [6, 6.07) is 8.96. The van der Waals surface area contributed by atoms with Crippen molar-refractivity contribution < 1.29 is 22.4 Å². The van der Waals surface area contributed by atoms with Gasteiger partial charge in [0.2, 0.25) is 11.8 Å². The lowest BCUT2D eigenvalue weighted by molar-refractivity contribution is -0.117. The molecule has 1 atom stereocenters. The first-order valence-corrected chi connectivity index (χ1v) is 10.9. The van der Waals surface area contributed by atoms with Crippen molar-refractivity contribution in [3.63, 3.8) is 0 Å². The Bertz CT molecular complexity index is 1080. The third-order valence-corrected chi connectivity index (χ3v) is 6.73. The first-order chi connectivity index (χ1) is 13.6. The van der Waals surface area contributed by atoms with E-state index in [2.05, 4.69) is 5.32 Å². The summed E-state index contributed by atoms with van der Waals surface area (Å²) in [6.07, 6.45) is 0.336. The summed E-state index contributed by atoms with van der Waals surface area (Å²) in [6.45, 7) is 5.00. The van der Waals surface area contributed by atoms with E-state index in [4.69, 9.17) is 0 Å². The number of benzene rings is 2. The summed E-state index contributed by atoms with van der Waals surface area (Å²) in [7, 11) is -3.68. The molecule has 0 spiro atoms. The van der Waals surface area contributed by atoms with Crippen molar-refractivity contribution >= 4 is 33.0 Å². The minimum absolute atomic E-state index is 0.0267. The van der Waals surface area contributed by atoms with Gasteiger partial charge in [-0.25, -0.2) is 12.8 Å². The highest BCUT2D eigenvalue weighted by atomic mass is 32.2. The fourth-order valence-corrected chi connectivity index (χ4v) is 4.81. The molecule has 0 aromatic heterocycles. The molecule has 1 heterocycles. The zero-order valence-electron chi connectivity index (χ0n) is 16.5. The van der Waals surface area contributed by atoms with E-state index in [-0.39, 0.29) is 34.7 Å². The molecule has 2 amide bonds. The lowest BCUT2D eigenvalue weighted by Crippen LogP contribution is -2.33. The number of rotatable bonds is 5. The SMILES string of the molecule is CC(=O)N1c2ccc(S(=O)(=O)CCC(=O)Nc3ccc(C)c(F)c3)cc2C[C@H]1C. The van der Waals surface area contributed by atoms with Crippen molar-refractivity contribution in [2.24, 2.45) is 0 Å². The second kappa shape index (κ2) is 7.94. The number of carbonyl (C=O) groups excluding carboxylic acids is 2. The lowest BCUT2D eigenvalue weighted by atomic mass is 10.1. The Labute approximate surface area is 169 Å². The number of halogens is 1. The van der Waals surface area contributed by atoms with Crippen LogP contribution in [0.15, 0.2) is 41.3 Å². The van der Waals surface area contributed by atoms with E-state index in [0.717, 1.165) is 11.3 Å². The van der Waals surface area contributed by atoms with Gasteiger partial charge in [-0.3, -0.25) is 9.59 Å². The highest BCUT2D eigenvalue weighted by Crippen LogP contribution is 2.34. The molecule has 2 aromatic carbocycles. The van der Waals surface area contributed by atoms with Crippen LogP contribution in [0, 0.1) is 12.7 Å². The van der Waals surface area contributed by atoms with Gasteiger partial charge in [0, 0.05) is 30.8 Å². The Balaban J connectivity index is 1.68. The Morgan fingerprint density at radius 3 is 2.59 bits per heavy atom. The summed E-state index contributed by atoms with van der Waals surface area (Å²) in [4.78, 5) is 25.7. The van der Waals surface area contributed by atoms with Gasteiger partial charge in [0.1, 0.15) is 5.82 Å². The topological polar surface area (TPSA) is 83.6 Å². The van der Waals surface area contributed by atoms with Crippen LogP contribution in [0.3, 0.4) is 0 Å². The number of hydrogen-bond acceptors (Lipinski definition) is 4. The zero-order valence-corrected chi connectivity index (χ0v) is 17.3. The van der Waals surface area contributed by atoms with Crippen molar-refractivity contribution in [1.82, 2.24) is 0 Å². The quantitative estimate of drug-likeness (QED) is 0.808. The predicted octanol–water partition coefficient (Wildman–Crippen LogP) is 3.23. The van der Waals surface area contributed by atoms with E-state index in [9.17, 15) is 22.4 Å². The number of carbonyl (C=O) groups is 2. The summed E-state index contributed by atoms with van der Waals surface area (Å²) < 4.78 is 38.9. The van der Waals surface area contributed by atoms with Crippen LogP contribution in [0.1, 0.15) is 31.4 Å². The van der Waals surface area contributed by atoms with E-state index in [1.165, 1.54) is 25.1 Å². The monoisotopic (exact) mass is 418 g/mol. The second-order valence-corrected chi connectivity index (χ2v) is 9.42. The number of anilines is 2. The number of amides is 2. The minimum atomic E-state index is -3.68. The van der Waals surface area contributed by atoms with Crippen LogP contribution >= 0.6 is 0 Å². The van der Waals surface area contributed by atoms with E-state index < -0.39 is 21.6 Å². The van der Waals surface area contributed by atoms with Gasteiger partial charge < -0.3 is 10.2 Å². The summed E-state index contributed by atoms with van der Waals surface area (Å²) in [5.74, 6) is -1.40. The number of hydrogen-bond donors (Lipinski definition) is 1. The number of aryl methyl sites for hydroxylation is 1. The highest BCUT2D eigenvalue weighted by Gasteiger charge is 2.30. The van der Waals surface area contributed by atoms with Crippen molar-refractivity contribution in [2.75, 3.05) is 16.0 Å². The molecular formula is C21H23FN2O4S. The van der Waals surface area contributed by atoms with Crippen LogP contribution in [-0.4, -0.2) is 32.0 Å². The average Bonchev–Trinajstić information content (AvgIpc) is 2.98. The first-order valence-electron chi connectivity index (χ1n) is 9.30. The average molecular weight is 418 g/mol. The second-order valence-electron chi connectivity index (χ2n) is 7.31. The Morgan fingerprint density at radius 1 is 1.21 bits per heavy atom. The standard InChI is InChI=1S/C21H23FN2O4S/c1-13-4-5-17(12-19(13)22)23-21(26)8-9-29(27,28)18-6-7-20-16(11-18)10-14(2)24(20)15(3)25/h4-7,11-12,14H,8-10H2,1-3H3,(H,23,26)/t14-/m1/s1. The Morgan fingerprint density at radius 2 is 1.93 bits per heavy atom. The van der Waals surface area contributed by atoms with Crippen LogP contribution in [0.5, 0.6) is 0 Å².